The molecule has 142 valence electrons. The third kappa shape index (κ3) is 4.35. The molecule has 0 aliphatic heterocycles. The second-order valence-corrected chi connectivity index (χ2v) is 8.04. The summed E-state index contributed by atoms with van der Waals surface area (Å²) < 4.78 is 6.35. The molecule has 0 bridgehead atoms. The molecule has 0 spiro atoms. The number of amides is 1. The number of halogens is 2. The van der Waals surface area contributed by atoms with Gasteiger partial charge in [0.25, 0.3) is 5.91 Å². The van der Waals surface area contributed by atoms with Gasteiger partial charge < -0.3 is 9.64 Å². The van der Waals surface area contributed by atoms with Gasteiger partial charge in [0.1, 0.15) is 11.3 Å². The summed E-state index contributed by atoms with van der Waals surface area (Å²) >= 11 is 13.7. The third-order valence-corrected chi connectivity index (χ3v) is 5.59. The number of benzene rings is 2. The molecule has 0 unspecified atom stereocenters. The van der Waals surface area contributed by atoms with Crippen LogP contribution in [0, 0.1) is 0 Å². The smallest absolute Gasteiger partial charge is 0.261 e. The van der Waals surface area contributed by atoms with E-state index in [2.05, 4.69) is 4.98 Å². The van der Waals surface area contributed by atoms with Crippen LogP contribution < -0.4 is 9.64 Å². The number of carbonyl (C=O) groups is 1. The van der Waals surface area contributed by atoms with E-state index in [1.54, 1.807) is 30.2 Å². The Morgan fingerprint density at radius 3 is 2.63 bits per heavy atom. The van der Waals surface area contributed by atoms with Crippen molar-refractivity contribution in [2.24, 2.45) is 0 Å². The fourth-order valence-electron chi connectivity index (χ4n) is 2.58. The number of methoxy groups -OCH3 is 1. The van der Waals surface area contributed by atoms with E-state index in [9.17, 15) is 4.79 Å². The summed E-state index contributed by atoms with van der Waals surface area (Å²) in [6, 6.07) is 10.6. The van der Waals surface area contributed by atoms with Crippen molar-refractivity contribution >= 4 is 55.8 Å². The highest BCUT2D eigenvalue weighted by Gasteiger charge is 2.24. The van der Waals surface area contributed by atoms with Crippen LogP contribution in [-0.4, -0.2) is 50.1 Å². The fraction of sp³-hybridized carbons (Fsp3) is 0.263. The summed E-state index contributed by atoms with van der Waals surface area (Å²) in [5.74, 6) is 0.469. The Balaban J connectivity index is 2.04. The summed E-state index contributed by atoms with van der Waals surface area (Å²) in [6.07, 6.45) is 0. The van der Waals surface area contributed by atoms with Crippen molar-refractivity contribution in [2.75, 3.05) is 39.2 Å². The summed E-state index contributed by atoms with van der Waals surface area (Å²) in [5.41, 5.74) is 1.14. The van der Waals surface area contributed by atoms with Gasteiger partial charge in [-0.1, -0.05) is 40.6 Å². The van der Waals surface area contributed by atoms with E-state index in [0.29, 0.717) is 39.6 Å². The molecule has 0 aliphatic rings. The van der Waals surface area contributed by atoms with E-state index in [4.69, 9.17) is 27.9 Å². The maximum Gasteiger partial charge on any atom is 0.261 e. The van der Waals surface area contributed by atoms with E-state index < -0.39 is 0 Å². The van der Waals surface area contributed by atoms with Crippen molar-refractivity contribution in [3.63, 3.8) is 0 Å². The number of likely N-dealkylation sites (N-methyl/N-ethyl adjacent to an activating group) is 1. The van der Waals surface area contributed by atoms with Crippen LogP contribution in [0.1, 0.15) is 10.4 Å². The average molecular weight is 424 g/mol. The molecule has 27 heavy (non-hydrogen) atoms. The van der Waals surface area contributed by atoms with E-state index in [0.717, 1.165) is 10.2 Å². The Bertz CT molecular complexity index is 975. The molecule has 1 heterocycles. The maximum atomic E-state index is 13.2. The van der Waals surface area contributed by atoms with Gasteiger partial charge in [-0.2, -0.15) is 0 Å². The lowest BCUT2D eigenvalue weighted by molar-refractivity contribution is 0.0985. The lowest BCUT2D eigenvalue weighted by Crippen LogP contribution is -2.36. The molecule has 0 atom stereocenters. The Kier molecular flexibility index (Phi) is 6.22. The largest absolute Gasteiger partial charge is 0.494 e. The lowest BCUT2D eigenvalue weighted by atomic mass is 10.2. The van der Waals surface area contributed by atoms with Gasteiger partial charge in [-0.3, -0.25) is 9.69 Å². The molecule has 8 heteroatoms. The summed E-state index contributed by atoms with van der Waals surface area (Å²) in [7, 11) is 5.52. The second kappa shape index (κ2) is 8.44. The summed E-state index contributed by atoms with van der Waals surface area (Å²) in [4.78, 5) is 21.6. The van der Waals surface area contributed by atoms with Gasteiger partial charge in [-0.15, -0.1) is 0 Å². The Hall–Kier alpha value is -1.86. The molecule has 0 radical (unpaired) electrons. The number of hydrogen-bond acceptors (Lipinski definition) is 5. The first-order valence-corrected chi connectivity index (χ1v) is 9.83. The number of ether oxygens (including phenoxy) is 1. The van der Waals surface area contributed by atoms with Gasteiger partial charge in [-0.05, 0) is 44.4 Å². The standard InChI is InChI=1S/C19H19Cl2N3O2S/c1-23(2)9-10-24(18(25)13-8-7-12(20)11-14(13)21)19-22-17-15(26-3)5-4-6-16(17)27-19/h4-8,11H,9-10H2,1-3H3. The van der Waals surface area contributed by atoms with Gasteiger partial charge in [0.05, 0.1) is 22.4 Å². The SMILES string of the molecule is COc1cccc2sc(N(CCN(C)C)C(=O)c3ccc(Cl)cc3Cl)nc12. The maximum absolute atomic E-state index is 13.2. The van der Waals surface area contributed by atoms with E-state index in [1.807, 2.05) is 37.2 Å². The predicted octanol–water partition coefficient (Wildman–Crippen LogP) is 4.82. The normalized spacial score (nSPS) is 11.2. The fourth-order valence-corrected chi connectivity index (χ4v) is 4.08. The molecule has 0 saturated carbocycles. The summed E-state index contributed by atoms with van der Waals surface area (Å²) in [5, 5.41) is 1.41. The molecule has 2 aromatic carbocycles. The molecule has 5 nitrogen and oxygen atoms in total. The van der Waals surface area contributed by atoms with Crippen LogP contribution in [0.2, 0.25) is 10.0 Å². The number of hydrogen-bond donors (Lipinski definition) is 0. The molecule has 3 rings (SSSR count). The van der Waals surface area contributed by atoms with E-state index >= 15 is 0 Å². The summed E-state index contributed by atoms with van der Waals surface area (Å²) in [6.45, 7) is 1.16. The van der Waals surface area contributed by atoms with Crippen molar-refractivity contribution in [2.45, 2.75) is 0 Å². The van der Waals surface area contributed by atoms with Crippen molar-refractivity contribution in [3.05, 3.63) is 52.0 Å². The van der Waals surface area contributed by atoms with Crippen molar-refractivity contribution in [1.29, 1.82) is 0 Å². The molecule has 0 fully saturated rings. The predicted molar refractivity (Wildman–Crippen MR) is 113 cm³/mol. The lowest BCUT2D eigenvalue weighted by Gasteiger charge is -2.22. The topological polar surface area (TPSA) is 45.7 Å². The van der Waals surface area contributed by atoms with Gasteiger partial charge in [0.15, 0.2) is 5.13 Å². The van der Waals surface area contributed by atoms with Crippen LogP contribution >= 0.6 is 34.5 Å². The van der Waals surface area contributed by atoms with Gasteiger partial charge >= 0.3 is 0 Å². The number of aromatic nitrogens is 1. The second-order valence-electron chi connectivity index (χ2n) is 6.19. The quantitative estimate of drug-likeness (QED) is 0.569. The van der Waals surface area contributed by atoms with E-state index in [1.165, 1.54) is 11.3 Å². The van der Waals surface area contributed by atoms with Crippen LogP contribution in [0.25, 0.3) is 10.2 Å². The van der Waals surface area contributed by atoms with Crippen molar-refractivity contribution in [1.82, 2.24) is 9.88 Å². The molecule has 0 saturated heterocycles. The van der Waals surface area contributed by atoms with E-state index in [-0.39, 0.29) is 5.91 Å². The molecule has 0 aliphatic carbocycles. The first-order chi connectivity index (χ1) is 12.9. The highest BCUT2D eigenvalue weighted by Crippen LogP contribution is 2.35. The van der Waals surface area contributed by atoms with Gasteiger partial charge in [0.2, 0.25) is 0 Å². The number of fused-ring (bicyclic) bond motifs is 1. The van der Waals surface area contributed by atoms with Crippen LogP contribution in [-0.2, 0) is 0 Å². The van der Waals surface area contributed by atoms with Crippen LogP contribution in [0.3, 0.4) is 0 Å². The number of carbonyl (C=O) groups excluding carboxylic acids is 1. The zero-order valence-electron chi connectivity index (χ0n) is 15.2. The average Bonchev–Trinajstić information content (AvgIpc) is 3.05. The van der Waals surface area contributed by atoms with Crippen LogP contribution in [0.15, 0.2) is 36.4 Å². The Labute approximate surface area is 172 Å². The minimum absolute atomic E-state index is 0.212. The molecule has 0 N–H and O–H groups in total. The molecular formula is C19H19Cl2N3O2S. The number of nitrogens with zero attached hydrogens (tertiary/aromatic N) is 3. The van der Waals surface area contributed by atoms with Crippen molar-refractivity contribution < 1.29 is 9.53 Å². The monoisotopic (exact) mass is 423 g/mol. The van der Waals surface area contributed by atoms with Gasteiger partial charge in [-0.25, -0.2) is 4.98 Å². The number of anilines is 1. The minimum Gasteiger partial charge on any atom is -0.494 e. The molecule has 3 aromatic rings. The van der Waals surface area contributed by atoms with Gasteiger partial charge in [0, 0.05) is 18.1 Å². The van der Waals surface area contributed by atoms with Crippen molar-refractivity contribution in [3.8, 4) is 5.75 Å². The number of thiazole rings is 1. The highest BCUT2D eigenvalue weighted by molar-refractivity contribution is 7.22. The first kappa shape index (κ1) is 19.9. The number of para-hydroxylation sites is 1. The number of rotatable bonds is 6. The highest BCUT2D eigenvalue weighted by atomic mass is 35.5. The Morgan fingerprint density at radius 1 is 1.19 bits per heavy atom. The zero-order valence-corrected chi connectivity index (χ0v) is 17.5. The zero-order chi connectivity index (χ0) is 19.6. The Morgan fingerprint density at radius 2 is 1.96 bits per heavy atom. The first-order valence-electron chi connectivity index (χ1n) is 8.26. The molecule has 1 aromatic heterocycles. The van der Waals surface area contributed by atoms with Crippen LogP contribution in [0.4, 0.5) is 5.13 Å². The van der Waals surface area contributed by atoms with Crippen LogP contribution in [0.5, 0.6) is 5.75 Å². The molecule has 1 amide bonds. The minimum atomic E-state index is -0.212. The molecular weight excluding hydrogens is 405 g/mol. The third-order valence-electron chi connectivity index (χ3n) is 4.00.